The molecular formula is C15H19Cl2NO4. The Hall–Kier alpha value is -1.14. The first kappa shape index (κ1) is 18.9. The Balaban J connectivity index is 0.00000242. The number of hydrogen-bond acceptors (Lipinski definition) is 4. The first-order valence-corrected chi connectivity index (χ1v) is 7.25. The molecule has 1 aromatic carbocycles. The summed E-state index contributed by atoms with van der Waals surface area (Å²) in [5, 5.41) is 9.59. The molecule has 2 rings (SSSR count). The van der Waals surface area contributed by atoms with Crippen molar-refractivity contribution >= 4 is 35.8 Å². The average Bonchev–Trinajstić information content (AvgIpc) is 2.47. The molecule has 1 aromatic rings. The maximum atomic E-state index is 12.5. The van der Waals surface area contributed by atoms with Crippen LogP contribution in [0.3, 0.4) is 0 Å². The first-order chi connectivity index (χ1) is 10.1. The summed E-state index contributed by atoms with van der Waals surface area (Å²) in [6.07, 6.45) is -0.168. The minimum atomic E-state index is -0.962. The summed E-state index contributed by atoms with van der Waals surface area (Å²) >= 11 is 5.81. The van der Waals surface area contributed by atoms with Gasteiger partial charge in [0.25, 0.3) is 0 Å². The summed E-state index contributed by atoms with van der Waals surface area (Å²) in [6.45, 7) is 3.13. The molecule has 22 heavy (non-hydrogen) atoms. The number of halogens is 2. The van der Waals surface area contributed by atoms with Crippen molar-refractivity contribution in [1.29, 1.82) is 0 Å². The lowest BCUT2D eigenvalue weighted by Crippen LogP contribution is -2.41. The maximum absolute atomic E-state index is 12.5. The first-order valence-electron chi connectivity index (χ1n) is 6.88. The van der Waals surface area contributed by atoms with Gasteiger partial charge in [-0.2, -0.15) is 0 Å². The number of morpholine rings is 1. The monoisotopic (exact) mass is 347 g/mol. The number of benzene rings is 1. The van der Waals surface area contributed by atoms with Crippen molar-refractivity contribution in [3.63, 3.8) is 0 Å². The smallest absolute Gasteiger partial charge is 0.304 e. The Morgan fingerprint density at radius 1 is 1.23 bits per heavy atom. The Bertz CT molecular complexity index is 501. The number of Topliss-reactive ketones (excluding diaryl/α,β-unsaturated/α-hetero) is 1. The minimum absolute atomic E-state index is 0. The van der Waals surface area contributed by atoms with Crippen LogP contribution in [-0.2, 0) is 9.53 Å². The van der Waals surface area contributed by atoms with Crippen LogP contribution in [0.5, 0.6) is 0 Å². The third kappa shape index (κ3) is 5.57. The topological polar surface area (TPSA) is 66.8 Å². The van der Waals surface area contributed by atoms with E-state index in [1.54, 1.807) is 24.3 Å². The van der Waals surface area contributed by atoms with Crippen LogP contribution >= 0.6 is 24.0 Å². The molecule has 0 radical (unpaired) electrons. The van der Waals surface area contributed by atoms with E-state index in [2.05, 4.69) is 4.90 Å². The van der Waals surface area contributed by atoms with Gasteiger partial charge in [0.1, 0.15) is 0 Å². The van der Waals surface area contributed by atoms with Gasteiger partial charge in [0.15, 0.2) is 5.78 Å². The van der Waals surface area contributed by atoms with Crippen molar-refractivity contribution in [3.8, 4) is 0 Å². The van der Waals surface area contributed by atoms with Gasteiger partial charge in [-0.1, -0.05) is 11.6 Å². The van der Waals surface area contributed by atoms with Crippen LogP contribution in [0.1, 0.15) is 16.8 Å². The fourth-order valence-corrected chi connectivity index (χ4v) is 2.52. The lowest BCUT2D eigenvalue weighted by Gasteiger charge is -2.29. The highest BCUT2D eigenvalue weighted by atomic mass is 35.5. The molecule has 0 spiro atoms. The number of rotatable bonds is 6. The van der Waals surface area contributed by atoms with Crippen LogP contribution in [0, 0.1) is 5.92 Å². The van der Waals surface area contributed by atoms with Crippen LogP contribution in [0.25, 0.3) is 0 Å². The highest BCUT2D eigenvalue weighted by Gasteiger charge is 2.26. The second-order valence-electron chi connectivity index (χ2n) is 5.08. The van der Waals surface area contributed by atoms with Crippen LogP contribution in [0.4, 0.5) is 0 Å². The predicted molar refractivity (Wildman–Crippen MR) is 86.0 cm³/mol. The van der Waals surface area contributed by atoms with Crippen LogP contribution in [0.15, 0.2) is 24.3 Å². The zero-order valence-electron chi connectivity index (χ0n) is 12.0. The molecule has 0 aromatic heterocycles. The van der Waals surface area contributed by atoms with Crippen LogP contribution in [0.2, 0.25) is 5.02 Å². The lowest BCUT2D eigenvalue weighted by atomic mass is 9.94. The molecule has 1 aliphatic heterocycles. The molecule has 0 amide bonds. The highest BCUT2D eigenvalue weighted by molar-refractivity contribution is 6.30. The fourth-order valence-electron chi connectivity index (χ4n) is 2.40. The molecule has 122 valence electrons. The number of ether oxygens (including phenoxy) is 1. The number of hydrogen-bond donors (Lipinski definition) is 1. The SMILES string of the molecule is Cl.O=C(O)CC(CN1CCOCC1)C(=O)c1ccc(Cl)cc1. The van der Waals surface area contributed by atoms with Gasteiger partial charge in [-0.3, -0.25) is 14.5 Å². The number of carbonyl (C=O) groups excluding carboxylic acids is 1. The van der Waals surface area contributed by atoms with Gasteiger partial charge in [0.05, 0.1) is 19.6 Å². The Morgan fingerprint density at radius 3 is 2.36 bits per heavy atom. The summed E-state index contributed by atoms with van der Waals surface area (Å²) in [5.41, 5.74) is 0.499. The molecule has 1 heterocycles. The van der Waals surface area contributed by atoms with E-state index in [0.29, 0.717) is 30.3 Å². The number of carboxylic acids is 1. The van der Waals surface area contributed by atoms with Gasteiger partial charge >= 0.3 is 5.97 Å². The van der Waals surface area contributed by atoms with Crippen molar-refractivity contribution in [2.45, 2.75) is 6.42 Å². The van der Waals surface area contributed by atoms with Gasteiger partial charge in [0.2, 0.25) is 0 Å². The summed E-state index contributed by atoms with van der Waals surface area (Å²) in [4.78, 5) is 25.6. The Morgan fingerprint density at radius 2 is 1.82 bits per heavy atom. The van der Waals surface area contributed by atoms with Gasteiger partial charge < -0.3 is 9.84 Å². The molecule has 0 aliphatic carbocycles. The molecule has 1 fully saturated rings. The normalized spacial score (nSPS) is 16.6. The van der Waals surface area contributed by atoms with E-state index >= 15 is 0 Å². The molecular weight excluding hydrogens is 329 g/mol. The molecule has 1 saturated heterocycles. The number of carboxylic acid groups (broad SMARTS) is 1. The van der Waals surface area contributed by atoms with Crippen molar-refractivity contribution in [2.75, 3.05) is 32.8 Å². The number of nitrogens with zero attached hydrogens (tertiary/aromatic N) is 1. The van der Waals surface area contributed by atoms with Crippen molar-refractivity contribution < 1.29 is 19.4 Å². The second kappa shape index (κ2) is 9.10. The minimum Gasteiger partial charge on any atom is -0.481 e. The molecule has 1 unspecified atom stereocenters. The van der Waals surface area contributed by atoms with Gasteiger partial charge in [-0.25, -0.2) is 0 Å². The summed E-state index contributed by atoms with van der Waals surface area (Å²) in [7, 11) is 0. The van der Waals surface area contributed by atoms with Crippen molar-refractivity contribution in [3.05, 3.63) is 34.9 Å². The van der Waals surface area contributed by atoms with E-state index in [9.17, 15) is 9.59 Å². The molecule has 1 N–H and O–H groups in total. The van der Waals surface area contributed by atoms with Crippen LogP contribution in [-0.4, -0.2) is 54.6 Å². The van der Waals surface area contributed by atoms with Gasteiger partial charge in [-0.05, 0) is 24.3 Å². The highest BCUT2D eigenvalue weighted by Crippen LogP contribution is 2.17. The maximum Gasteiger partial charge on any atom is 0.304 e. The molecule has 5 nitrogen and oxygen atoms in total. The van der Waals surface area contributed by atoms with Crippen molar-refractivity contribution in [2.24, 2.45) is 5.92 Å². The summed E-state index contributed by atoms with van der Waals surface area (Å²) < 4.78 is 5.26. The fraction of sp³-hybridized carbons (Fsp3) is 0.467. The molecule has 1 aliphatic rings. The van der Waals surface area contributed by atoms with E-state index < -0.39 is 11.9 Å². The number of carbonyl (C=O) groups is 2. The average molecular weight is 348 g/mol. The zero-order valence-corrected chi connectivity index (χ0v) is 13.6. The van der Waals surface area contributed by atoms with E-state index in [4.69, 9.17) is 21.4 Å². The predicted octanol–water partition coefficient (Wildman–Crippen LogP) is 2.37. The third-order valence-electron chi connectivity index (χ3n) is 3.50. The quantitative estimate of drug-likeness (QED) is 0.800. The molecule has 7 heteroatoms. The Kier molecular flexibility index (Phi) is 7.82. The lowest BCUT2D eigenvalue weighted by molar-refractivity contribution is -0.138. The molecule has 1 atom stereocenters. The largest absolute Gasteiger partial charge is 0.481 e. The van der Waals surface area contributed by atoms with Crippen LogP contribution < -0.4 is 0 Å². The van der Waals surface area contributed by atoms with Gasteiger partial charge in [-0.15, -0.1) is 12.4 Å². The van der Waals surface area contributed by atoms with E-state index in [1.165, 1.54) is 0 Å². The standard InChI is InChI=1S/C15H18ClNO4.ClH/c16-13-3-1-11(2-4-13)15(20)12(9-14(18)19)10-17-5-7-21-8-6-17;/h1-4,12H,5-10H2,(H,18,19);1H. The summed E-state index contributed by atoms with van der Waals surface area (Å²) in [5.74, 6) is -1.67. The molecule has 0 saturated carbocycles. The van der Waals surface area contributed by atoms with E-state index in [1.807, 2.05) is 0 Å². The number of aliphatic carboxylic acids is 1. The van der Waals surface area contributed by atoms with E-state index in [0.717, 1.165) is 13.1 Å². The van der Waals surface area contributed by atoms with E-state index in [-0.39, 0.29) is 24.6 Å². The number of ketones is 1. The van der Waals surface area contributed by atoms with Crippen molar-refractivity contribution in [1.82, 2.24) is 4.90 Å². The zero-order chi connectivity index (χ0) is 15.2. The Labute approximate surface area is 140 Å². The third-order valence-corrected chi connectivity index (χ3v) is 3.75. The second-order valence-corrected chi connectivity index (χ2v) is 5.52. The van der Waals surface area contributed by atoms with Gasteiger partial charge in [0, 0.05) is 36.1 Å². The summed E-state index contributed by atoms with van der Waals surface area (Å²) in [6, 6.07) is 6.56. The molecule has 0 bridgehead atoms.